The molecule has 0 radical (unpaired) electrons. The van der Waals surface area contributed by atoms with Crippen LogP contribution in [0.3, 0.4) is 0 Å². The van der Waals surface area contributed by atoms with Gasteiger partial charge in [-0.15, -0.1) is 0 Å². The molecule has 0 N–H and O–H groups in total. The van der Waals surface area contributed by atoms with Gasteiger partial charge in [0, 0.05) is 13.6 Å². The van der Waals surface area contributed by atoms with Crippen molar-refractivity contribution in [1.82, 2.24) is 9.21 Å². The van der Waals surface area contributed by atoms with Gasteiger partial charge in [-0.25, -0.2) is 8.42 Å². The first kappa shape index (κ1) is 17.9. The SMILES string of the molecule is Cc1ccc(C2CCCN2S(=O)(=O)c2ccc3c(c2)C(=O)N(C)C3=O)cc1. The van der Waals surface area contributed by atoms with Gasteiger partial charge in [0.2, 0.25) is 10.0 Å². The monoisotopic (exact) mass is 384 g/mol. The zero-order valence-electron chi connectivity index (χ0n) is 15.2. The van der Waals surface area contributed by atoms with E-state index in [0.717, 1.165) is 28.9 Å². The topological polar surface area (TPSA) is 74.8 Å². The Morgan fingerprint density at radius 1 is 0.963 bits per heavy atom. The number of carbonyl (C=O) groups is 2. The third-order valence-corrected chi connectivity index (χ3v) is 7.24. The fourth-order valence-corrected chi connectivity index (χ4v) is 5.49. The molecular formula is C20H20N2O4S. The molecule has 2 heterocycles. The van der Waals surface area contributed by atoms with Crippen molar-refractivity contribution in [2.75, 3.05) is 13.6 Å². The average molecular weight is 384 g/mol. The quantitative estimate of drug-likeness (QED) is 0.763. The zero-order valence-corrected chi connectivity index (χ0v) is 16.0. The Morgan fingerprint density at radius 2 is 1.63 bits per heavy atom. The number of benzene rings is 2. The van der Waals surface area contributed by atoms with Crippen LogP contribution in [-0.4, -0.2) is 43.0 Å². The second-order valence-electron chi connectivity index (χ2n) is 7.06. The molecule has 1 atom stereocenters. The van der Waals surface area contributed by atoms with Crippen LogP contribution in [0.4, 0.5) is 0 Å². The average Bonchev–Trinajstić information content (AvgIpc) is 3.23. The van der Waals surface area contributed by atoms with Gasteiger partial charge in [-0.3, -0.25) is 14.5 Å². The molecule has 1 unspecified atom stereocenters. The van der Waals surface area contributed by atoms with Gasteiger partial charge in [0.05, 0.1) is 22.1 Å². The summed E-state index contributed by atoms with van der Waals surface area (Å²) in [6, 6.07) is 11.9. The molecule has 1 fully saturated rings. The molecule has 140 valence electrons. The van der Waals surface area contributed by atoms with Crippen molar-refractivity contribution < 1.29 is 18.0 Å². The summed E-state index contributed by atoms with van der Waals surface area (Å²) in [5.74, 6) is -0.874. The number of imide groups is 1. The van der Waals surface area contributed by atoms with Gasteiger partial charge in [0.25, 0.3) is 11.8 Å². The number of amides is 2. The first-order chi connectivity index (χ1) is 12.8. The number of fused-ring (bicyclic) bond motifs is 1. The minimum atomic E-state index is -3.77. The Morgan fingerprint density at radius 3 is 2.33 bits per heavy atom. The second-order valence-corrected chi connectivity index (χ2v) is 8.95. The molecule has 0 spiro atoms. The number of nitrogens with zero attached hydrogens (tertiary/aromatic N) is 2. The summed E-state index contributed by atoms with van der Waals surface area (Å²) in [7, 11) is -2.38. The van der Waals surface area contributed by atoms with E-state index in [9.17, 15) is 18.0 Å². The lowest BCUT2D eigenvalue weighted by molar-refractivity contribution is 0.0693. The fraction of sp³-hybridized carbons (Fsp3) is 0.300. The summed E-state index contributed by atoms with van der Waals surface area (Å²) in [5.41, 5.74) is 2.48. The Hall–Kier alpha value is -2.51. The van der Waals surface area contributed by atoms with E-state index in [2.05, 4.69) is 0 Å². The predicted octanol–water partition coefficient (Wildman–Crippen LogP) is 2.75. The van der Waals surface area contributed by atoms with Gasteiger partial charge in [-0.05, 0) is 43.5 Å². The van der Waals surface area contributed by atoms with Gasteiger partial charge in [-0.2, -0.15) is 4.31 Å². The largest absolute Gasteiger partial charge is 0.277 e. The molecule has 27 heavy (non-hydrogen) atoms. The lowest BCUT2D eigenvalue weighted by Gasteiger charge is -2.24. The van der Waals surface area contributed by atoms with E-state index in [1.54, 1.807) is 0 Å². The van der Waals surface area contributed by atoms with Crippen LogP contribution >= 0.6 is 0 Å². The van der Waals surface area contributed by atoms with Crippen molar-refractivity contribution in [3.8, 4) is 0 Å². The first-order valence-corrected chi connectivity index (χ1v) is 10.3. The third-order valence-electron chi connectivity index (χ3n) is 5.33. The molecular weight excluding hydrogens is 364 g/mol. The van der Waals surface area contributed by atoms with Crippen LogP contribution in [0.1, 0.15) is 50.7 Å². The van der Waals surface area contributed by atoms with E-state index in [-0.39, 0.29) is 22.1 Å². The molecule has 6 nitrogen and oxygen atoms in total. The first-order valence-electron chi connectivity index (χ1n) is 8.85. The number of hydrogen-bond acceptors (Lipinski definition) is 4. The molecule has 7 heteroatoms. The minimum absolute atomic E-state index is 0.0525. The molecule has 2 aromatic rings. The van der Waals surface area contributed by atoms with Crippen molar-refractivity contribution >= 4 is 21.8 Å². The number of sulfonamides is 1. The lowest BCUT2D eigenvalue weighted by Crippen LogP contribution is -2.30. The molecule has 0 aromatic heterocycles. The maximum absolute atomic E-state index is 13.3. The smallest absolute Gasteiger partial charge is 0.261 e. The molecule has 4 rings (SSSR count). The maximum atomic E-state index is 13.3. The van der Waals surface area contributed by atoms with Crippen LogP contribution in [0, 0.1) is 6.92 Å². The van der Waals surface area contributed by atoms with Gasteiger partial charge >= 0.3 is 0 Å². The fourth-order valence-electron chi connectivity index (χ4n) is 3.79. The molecule has 2 aliphatic rings. The van der Waals surface area contributed by atoms with E-state index < -0.39 is 21.8 Å². The lowest BCUT2D eigenvalue weighted by atomic mass is 10.0. The van der Waals surface area contributed by atoms with E-state index in [4.69, 9.17) is 0 Å². The van der Waals surface area contributed by atoms with Crippen molar-refractivity contribution in [1.29, 1.82) is 0 Å². The van der Waals surface area contributed by atoms with E-state index in [1.165, 1.54) is 29.6 Å². The maximum Gasteiger partial charge on any atom is 0.261 e. The van der Waals surface area contributed by atoms with Crippen molar-refractivity contribution in [3.63, 3.8) is 0 Å². The zero-order chi connectivity index (χ0) is 19.3. The summed E-state index contributed by atoms with van der Waals surface area (Å²) >= 11 is 0. The molecule has 0 bridgehead atoms. The Labute approximate surface area is 158 Å². The summed E-state index contributed by atoms with van der Waals surface area (Å²) in [4.78, 5) is 25.3. The number of hydrogen-bond donors (Lipinski definition) is 0. The molecule has 0 saturated carbocycles. The number of aryl methyl sites for hydroxylation is 1. The van der Waals surface area contributed by atoms with Crippen LogP contribution in [-0.2, 0) is 10.0 Å². The third kappa shape index (κ3) is 2.78. The van der Waals surface area contributed by atoms with Crippen LogP contribution in [0.2, 0.25) is 0 Å². The molecule has 2 amide bonds. The standard InChI is InChI=1S/C20H20N2O4S/c1-13-5-7-14(8-6-13)18-4-3-11-22(18)27(25,26)15-9-10-16-17(12-15)20(24)21(2)19(16)23/h5-10,12,18H,3-4,11H2,1-2H3. The summed E-state index contributed by atoms with van der Waals surface area (Å²) in [6.45, 7) is 2.43. The minimum Gasteiger partial charge on any atom is -0.277 e. The van der Waals surface area contributed by atoms with Crippen molar-refractivity contribution in [2.24, 2.45) is 0 Å². The molecule has 1 saturated heterocycles. The Kier molecular flexibility index (Phi) is 4.16. The highest BCUT2D eigenvalue weighted by atomic mass is 32.2. The van der Waals surface area contributed by atoms with Crippen LogP contribution in [0.15, 0.2) is 47.4 Å². The highest BCUT2D eigenvalue weighted by Crippen LogP contribution is 2.37. The Bertz CT molecular complexity index is 1040. The van der Waals surface area contributed by atoms with E-state index in [1.807, 2.05) is 31.2 Å². The molecule has 0 aliphatic carbocycles. The number of carbonyl (C=O) groups excluding carboxylic acids is 2. The van der Waals surface area contributed by atoms with E-state index >= 15 is 0 Å². The van der Waals surface area contributed by atoms with E-state index in [0.29, 0.717) is 6.54 Å². The van der Waals surface area contributed by atoms with Crippen molar-refractivity contribution in [2.45, 2.75) is 30.7 Å². The predicted molar refractivity (Wildman–Crippen MR) is 99.9 cm³/mol. The van der Waals surface area contributed by atoms with Gasteiger partial charge in [0.1, 0.15) is 0 Å². The van der Waals surface area contributed by atoms with Gasteiger partial charge in [0.15, 0.2) is 0 Å². The highest BCUT2D eigenvalue weighted by Gasteiger charge is 2.38. The molecule has 2 aliphatic heterocycles. The van der Waals surface area contributed by atoms with Crippen LogP contribution in [0.5, 0.6) is 0 Å². The number of rotatable bonds is 3. The van der Waals surface area contributed by atoms with Crippen LogP contribution in [0.25, 0.3) is 0 Å². The van der Waals surface area contributed by atoms with Gasteiger partial charge < -0.3 is 0 Å². The summed E-state index contributed by atoms with van der Waals surface area (Å²) in [6.07, 6.45) is 1.54. The normalized spacial score (nSPS) is 20.4. The highest BCUT2D eigenvalue weighted by molar-refractivity contribution is 7.89. The Balaban J connectivity index is 1.72. The second kappa shape index (κ2) is 6.28. The molecule has 2 aromatic carbocycles. The van der Waals surface area contributed by atoms with Crippen LogP contribution < -0.4 is 0 Å². The summed E-state index contributed by atoms with van der Waals surface area (Å²) < 4.78 is 28.0. The summed E-state index contributed by atoms with van der Waals surface area (Å²) in [5, 5.41) is 0. The van der Waals surface area contributed by atoms with Crippen molar-refractivity contribution in [3.05, 3.63) is 64.7 Å². The van der Waals surface area contributed by atoms with Gasteiger partial charge in [-0.1, -0.05) is 29.8 Å².